The van der Waals surface area contributed by atoms with Gasteiger partial charge in [-0.25, -0.2) is 19.4 Å². The number of nitrogens with zero attached hydrogens (tertiary/aromatic N) is 4. The van der Waals surface area contributed by atoms with Crippen LogP contribution in [0.15, 0.2) is 66.3 Å². The minimum Gasteiger partial charge on any atom is -0.357 e. The van der Waals surface area contributed by atoms with Crippen LogP contribution >= 0.6 is 0 Å². The summed E-state index contributed by atoms with van der Waals surface area (Å²) in [6.45, 7) is 3.99. The standard InChI is InChI=1S/C20H23FN6/c1-2-23-20(25-9-6-16-4-3-5-18(21)12-16)26-14-17-7-8-24-19(13-17)27-11-10-22-15-27/h3-5,7-8,10-13,15H,2,6,9,14H2,1H3,(H2,23,25,26). The van der Waals surface area contributed by atoms with E-state index in [1.807, 2.05) is 35.9 Å². The fourth-order valence-electron chi connectivity index (χ4n) is 2.62. The Morgan fingerprint density at radius 2 is 2.07 bits per heavy atom. The van der Waals surface area contributed by atoms with Gasteiger partial charge in [-0.15, -0.1) is 0 Å². The van der Waals surface area contributed by atoms with Crippen molar-refractivity contribution in [1.82, 2.24) is 25.2 Å². The van der Waals surface area contributed by atoms with Crippen LogP contribution in [0, 0.1) is 5.82 Å². The van der Waals surface area contributed by atoms with E-state index in [0.29, 0.717) is 13.1 Å². The minimum atomic E-state index is -0.209. The molecule has 0 unspecified atom stereocenters. The first kappa shape index (κ1) is 18.6. The largest absolute Gasteiger partial charge is 0.357 e. The second kappa shape index (κ2) is 9.47. The van der Waals surface area contributed by atoms with Gasteiger partial charge in [-0.05, 0) is 48.7 Å². The Labute approximate surface area is 158 Å². The van der Waals surface area contributed by atoms with E-state index < -0.39 is 0 Å². The molecule has 140 valence electrons. The van der Waals surface area contributed by atoms with Gasteiger partial charge in [0.2, 0.25) is 0 Å². The van der Waals surface area contributed by atoms with E-state index in [-0.39, 0.29) is 5.82 Å². The zero-order valence-electron chi connectivity index (χ0n) is 15.3. The molecule has 0 radical (unpaired) electrons. The van der Waals surface area contributed by atoms with Crippen molar-refractivity contribution in [3.8, 4) is 5.82 Å². The Morgan fingerprint density at radius 3 is 2.85 bits per heavy atom. The molecule has 0 spiro atoms. The van der Waals surface area contributed by atoms with Gasteiger partial charge in [-0.2, -0.15) is 0 Å². The van der Waals surface area contributed by atoms with E-state index >= 15 is 0 Å². The van der Waals surface area contributed by atoms with Gasteiger partial charge in [0.15, 0.2) is 5.96 Å². The van der Waals surface area contributed by atoms with Crippen LogP contribution in [0.3, 0.4) is 0 Å². The van der Waals surface area contributed by atoms with Gasteiger partial charge in [0.25, 0.3) is 0 Å². The molecule has 7 heteroatoms. The zero-order chi connectivity index (χ0) is 18.9. The average molecular weight is 366 g/mol. The molecule has 1 aromatic carbocycles. The Morgan fingerprint density at radius 1 is 1.15 bits per heavy atom. The first-order valence-electron chi connectivity index (χ1n) is 8.94. The summed E-state index contributed by atoms with van der Waals surface area (Å²) in [6, 6.07) is 10.6. The number of benzene rings is 1. The zero-order valence-corrected chi connectivity index (χ0v) is 15.3. The lowest BCUT2D eigenvalue weighted by Gasteiger charge is -2.11. The van der Waals surface area contributed by atoms with E-state index in [0.717, 1.165) is 35.9 Å². The minimum absolute atomic E-state index is 0.209. The van der Waals surface area contributed by atoms with Crippen LogP contribution in [0.4, 0.5) is 4.39 Å². The quantitative estimate of drug-likeness (QED) is 0.498. The molecule has 3 rings (SSSR count). The Bertz CT molecular complexity index is 876. The molecule has 0 saturated carbocycles. The molecule has 3 aromatic rings. The molecule has 0 atom stereocenters. The predicted octanol–water partition coefficient (Wildman–Crippen LogP) is 2.70. The summed E-state index contributed by atoms with van der Waals surface area (Å²) < 4.78 is 15.1. The number of guanidine groups is 1. The highest BCUT2D eigenvalue weighted by Gasteiger charge is 2.02. The molecule has 0 aliphatic heterocycles. The maximum atomic E-state index is 13.2. The fraction of sp³-hybridized carbons (Fsp3) is 0.250. The van der Waals surface area contributed by atoms with Crippen LogP contribution in [0.2, 0.25) is 0 Å². The Kier molecular flexibility index (Phi) is 6.51. The van der Waals surface area contributed by atoms with Crippen LogP contribution in [0.5, 0.6) is 0 Å². The molecule has 0 fully saturated rings. The number of aliphatic imine (C=N–C) groups is 1. The first-order valence-corrected chi connectivity index (χ1v) is 8.94. The van der Waals surface area contributed by atoms with E-state index in [9.17, 15) is 4.39 Å². The van der Waals surface area contributed by atoms with Crippen molar-refractivity contribution < 1.29 is 4.39 Å². The Balaban J connectivity index is 1.59. The topological polar surface area (TPSA) is 67.1 Å². The number of halogens is 1. The number of aromatic nitrogens is 3. The summed E-state index contributed by atoms with van der Waals surface area (Å²) in [4.78, 5) is 13.0. The van der Waals surface area contributed by atoms with Crippen molar-refractivity contribution >= 4 is 5.96 Å². The number of hydrogen-bond donors (Lipinski definition) is 2. The van der Waals surface area contributed by atoms with Gasteiger partial charge in [0.1, 0.15) is 18.0 Å². The van der Waals surface area contributed by atoms with Gasteiger partial charge in [0, 0.05) is 31.7 Å². The van der Waals surface area contributed by atoms with E-state index in [4.69, 9.17) is 0 Å². The lowest BCUT2D eigenvalue weighted by molar-refractivity contribution is 0.625. The van der Waals surface area contributed by atoms with Gasteiger partial charge in [0.05, 0.1) is 6.54 Å². The number of nitrogens with one attached hydrogen (secondary N) is 2. The third kappa shape index (κ3) is 5.64. The fourth-order valence-corrected chi connectivity index (χ4v) is 2.62. The average Bonchev–Trinajstić information content (AvgIpc) is 3.21. The molecule has 27 heavy (non-hydrogen) atoms. The Hall–Kier alpha value is -3.22. The molecule has 0 aliphatic rings. The smallest absolute Gasteiger partial charge is 0.191 e. The summed E-state index contributed by atoms with van der Waals surface area (Å²) in [7, 11) is 0. The van der Waals surface area contributed by atoms with Crippen molar-refractivity contribution in [3.05, 3.63) is 78.3 Å². The molecular formula is C20H23FN6. The molecule has 6 nitrogen and oxygen atoms in total. The first-order chi connectivity index (χ1) is 13.2. The third-order valence-electron chi connectivity index (χ3n) is 3.94. The maximum absolute atomic E-state index is 13.2. The molecule has 2 aromatic heterocycles. The lowest BCUT2D eigenvalue weighted by atomic mass is 10.1. The summed E-state index contributed by atoms with van der Waals surface area (Å²) in [5.74, 6) is 1.33. The monoisotopic (exact) mass is 366 g/mol. The van der Waals surface area contributed by atoms with Gasteiger partial charge >= 0.3 is 0 Å². The summed E-state index contributed by atoms with van der Waals surface area (Å²) in [5.41, 5.74) is 2.01. The van der Waals surface area contributed by atoms with E-state index in [2.05, 4.69) is 25.6 Å². The SMILES string of the molecule is CCNC(=NCc1ccnc(-n2ccnc2)c1)NCCc1cccc(F)c1. The van der Waals surface area contributed by atoms with E-state index in [1.54, 1.807) is 30.9 Å². The molecule has 2 heterocycles. The number of rotatable bonds is 7. The third-order valence-corrected chi connectivity index (χ3v) is 3.94. The lowest BCUT2D eigenvalue weighted by Crippen LogP contribution is -2.38. The van der Waals surface area contributed by atoms with Crippen LogP contribution in [0.1, 0.15) is 18.1 Å². The van der Waals surface area contributed by atoms with Crippen molar-refractivity contribution in [2.24, 2.45) is 4.99 Å². The van der Waals surface area contributed by atoms with Crippen LogP contribution in [0.25, 0.3) is 5.82 Å². The summed E-state index contributed by atoms with van der Waals surface area (Å²) >= 11 is 0. The second-order valence-electron chi connectivity index (χ2n) is 5.99. The molecule has 0 saturated heterocycles. The predicted molar refractivity (Wildman–Crippen MR) is 104 cm³/mol. The van der Waals surface area contributed by atoms with Crippen molar-refractivity contribution in [2.45, 2.75) is 19.9 Å². The summed E-state index contributed by atoms with van der Waals surface area (Å²) in [5, 5.41) is 6.51. The highest BCUT2D eigenvalue weighted by atomic mass is 19.1. The molecule has 0 amide bonds. The second-order valence-corrected chi connectivity index (χ2v) is 5.99. The number of pyridine rings is 1. The van der Waals surface area contributed by atoms with Gasteiger partial charge in [-0.1, -0.05) is 12.1 Å². The normalized spacial score (nSPS) is 11.4. The number of hydrogen-bond acceptors (Lipinski definition) is 3. The van der Waals surface area contributed by atoms with Crippen molar-refractivity contribution in [1.29, 1.82) is 0 Å². The molecule has 2 N–H and O–H groups in total. The highest BCUT2D eigenvalue weighted by Crippen LogP contribution is 2.08. The van der Waals surface area contributed by atoms with Crippen LogP contribution < -0.4 is 10.6 Å². The molecule has 0 aliphatic carbocycles. The van der Waals surface area contributed by atoms with Gasteiger partial charge in [-0.3, -0.25) is 4.57 Å². The highest BCUT2D eigenvalue weighted by molar-refractivity contribution is 5.79. The van der Waals surface area contributed by atoms with Crippen molar-refractivity contribution in [3.63, 3.8) is 0 Å². The van der Waals surface area contributed by atoms with Crippen LogP contribution in [-0.4, -0.2) is 33.6 Å². The maximum Gasteiger partial charge on any atom is 0.191 e. The van der Waals surface area contributed by atoms with Gasteiger partial charge < -0.3 is 10.6 Å². The van der Waals surface area contributed by atoms with E-state index in [1.165, 1.54) is 6.07 Å². The molecular weight excluding hydrogens is 343 g/mol. The molecule has 0 bridgehead atoms. The number of imidazole rings is 1. The van der Waals surface area contributed by atoms with Crippen LogP contribution in [-0.2, 0) is 13.0 Å². The van der Waals surface area contributed by atoms with Crippen molar-refractivity contribution in [2.75, 3.05) is 13.1 Å². The summed E-state index contributed by atoms with van der Waals surface area (Å²) in [6.07, 6.45) is 7.78.